The quantitative estimate of drug-likeness (QED) is 0.428. The molecule has 32 heavy (non-hydrogen) atoms. The zero-order valence-corrected chi connectivity index (χ0v) is 18.9. The van der Waals surface area contributed by atoms with Gasteiger partial charge < -0.3 is 24.8 Å². The Bertz CT molecular complexity index is 1260. The van der Waals surface area contributed by atoms with Gasteiger partial charge in [0.1, 0.15) is 0 Å². The van der Waals surface area contributed by atoms with Gasteiger partial charge in [-0.1, -0.05) is 18.2 Å². The zero-order chi connectivity index (χ0) is 22.7. The van der Waals surface area contributed by atoms with Gasteiger partial charge in [0, 0.05) is 41.4 Å². The maximum Gasteiger partial charge on any atom is 0.251 e. The molecule has 0 fully saturated rings. The van der Waals surface area contributed by atoms with Gasteiger partial charge in [0.05, 0.1) is 37.7 Å². The molecule has 0 bridgehead atoms. The molecule has 1 amide bonds. The molecule has 0 saturated carbocycles. The van der Waals surface area contributed by atoms with Crippen LogP contribution >= 0.6 is 11.3 Å². The minimum Gasteiger partial charge on any atom is -0.493 e. The topological polar surface area (TPSA) is 94.6 Å². The maximum absolute atomic E-state index is 12.4. The summed E-state index contributed by atoms with van der Waals surface area (Å²) in [5.74, 6) is 1.80. The summed E-state index contributed by atoms with van der Waals surface area (Å²) in [7, 11) is 6.29. The van der Waals surface area contributed by atoms with Crippen LogP contribution in [0, 0.1) is 0 Å². The van der Waals surface area contributed by atoms with Crippen LogP contribution in [0.4, 0.5) is 11.6 Å². The van der Waals surface area contributed by atoms with E-state index in [1.807, 2.05) is 23.6 Å². The summed E-state index contributed by atoms with van der Waals surface area (Å²) >= 11 is 1.53. The highest BCUT2D eigenvalue weighted by Gasteiger charge is 2.17. The zero-order valence-electron chi connectivity index (χ0n) is 18.1. The molecule has 2 aromatic heterocycles. The number of ether oxygens (including phenoxy) is 3. The lowest BCUT2D eigenvalue weighted by Gasteiger charge is -2.14. The largest absolute Gasteiger partial charge is 0.493 e. The van der Waals surface area contributed by atoms with Gasteiger partial charge in [0.25, 0.3) is 5.91 Å². The average Bonchev–Trinajstić information content (AvgIpc) is 3.25. The second kappa shape index (κ2) is 9.11. The van der Waals surface area contributed by atoms with E-state index >= 15 is 0 Å². The van der Waals surface area contributed by atoms with E-state index in [9.17, 15) is 4.79 Å². The highest BCUT2D eigenvalue weighted by atomic mass is 32.1. The monoisotopic (exact) mass is 450 g/mol. The van der Waals surface area contributed by atoms with Gasteiger partial charge in [-0.15, -0.1) is 11.3 Å². The van der Waals surface area contributed by atoms with Crippen LogP contribution in [0.1, 0.15) is 10.4 Å². The molecule has 0 atom stereocenters. The van der Waals surface area contributed by atoms with Crippen LogP contribution in [0.2, 0.25) is 0 Å². The van der Waals surface area contributed by atoms with Gasteiger partial charge in [-0.25, -0.2) is 9.97 Å². The van der Waals surface area contributed by atoms with Gasteiger partial charge in [-0.05, 0) is 11.6 Å². The first kappa shape index (κ1) is 21.4. The van der Waals surface area contributed by atoms with Crippen molar-refractivity contribution in [1.29, 1.82) is 0 Å². The Hall–Kier alpha value is -3.85. The number of nitrogens with one attached hydrogen (secondary N) is 2. The third-order valence-corrected chi connectivity index (χ3v) is 5.83. The Morgan fingerprint density at radius 1 is 1.00 bits per heavy atom. The van der Waals surface area contributed by atoms with Gasteiger partial charge in [0.15, 0.2) is 11.5 Å². The van der Waals surface area contributed by atoms with Crippen molar-refractivity contribution in [3.63, 3.8) is 0 Å². The second-order valence-corrected chi connectivity index (χ2v) is 7.63. The number of fused-ring (bicyclic) bond motifs is 1. The van der Waals surface area contributed by atoms with E-state index in [2.05, 4.69) is 15.6 Å². The normalized spacial score (nSPS) is 10.6. The van der Waals surface area contributed by atoms with E-state index in [1.54, 1.807) is 52.8 Å². The Morgan fingerprint density at radius 2 is 1.72 bits per heavy atom. The highest BCUT2D eigenvalue weighted by molar-refractivity contribution is 7.17. The van der Waals surface area contributed by atoms with E-state index < -0.39 is 0 Å². The molecule has 4 aromatic rings. The van der Waals surface area contributed by atoms with Crippen molar-refractivity contribution in [2.24, 2.45) is 0 Å². The Kier molecular flexibility index (Phi) is 6.09. The molecule has 0 radical (unpaired) electrons. The van der Waals surface area contributed by atoms with E-state index in [0.717, 1.165) is 21.3 Å². The maximum atomic E-state index is 12.4. The first-order valence-corrected chi connectivity index (χ1v) is 10.6. The van der Waals surface area contributed by atoms with Crippen LogP contribution in [0.5, 0.6) is 17.2 Å². The number of hydrogen-bond donors (Lipinski definition) is 2. The van der Waals surface area contributed by atoms with Crippen molar-refractivity contribution < 1.29 is 19.0 Å². The number of carbonyl (C=O) groups is 1. The average molecular weight is 451 g/mol. The predicted octanol–water partition coefficient (Wildman–Crippen LogP) is 4.49. The Labute approximate surface area is 189 Å². The van der Waals surface area contributed by atoms with Gasteiger partial charge >= 0.3 is 0 Å². The third-order valence-electron chi connectivity index (χ3n) is 4.92. The van der Waals surface area contributed by atoms with Gasteiger partial charge in [-0.3, -0.25) is 4.79 Å². The molecule has 0 aliphatic heterocycles. The summed E-state index contributed by atoms with van der Waals surface area (Å²) in [6, 6.07) is 11.0. The SMILES string of the molecule is CNC(=O)c1ccccc1-c1csc2cnc(Nc3cc(OC)c(OC)c(OC)c3)nc12. The molecular weight excluding hydrogens is 428 g/mol. The number of benzene rings is 2. The lowest BCUT2D eigenvalue weighted by Crippen LogP contribution is -2.18. The van der Waals surface area contributed by atoms with Crippen LogP contribution < -0.4 is 24.8 Å². The molecule has 0 aliphatic carbocycles. The van der Waals surface area contributed by atoms with E-state index in [4.69, 9.17) is 19.2 Å². The molecule has 0 aliphatic rings. The van der Waals surface area contributed by atoms with Crippen LogP contribution in [-0.4, -0.2) is 44.3 Å². The summed E-state index contributed by atoms with van der Waals surface area (Å²) in [5, 5.41) is 7.88. The lowest BCUT2D eigenvalue weighted by molar-refractivity contribution is 0.0963. The van der Waals surface area contributed by atoms with Crippen molar-refractivity contribution in [3.8, 4) is 28.4 Å². The first-order valence-electron chi connectivity index (χ1n) is 9.72. The number of methoxy groups -OCH3 is 3. The molecule has 2 heterocycles. The number of nitrogens with zero attached hydrogens (tertiary/aromatic N) is 2. The van der Waals surface area contributed by atoms with Crippen molar-refractivity contribution in [1.82, 2.24) is 15.3 Å². The summed E-state index contributed by atoms with van der Waals surface area (Å²) in [5.41, 5.74) is 3.72. The number of aromatic nitrogens is 2. The summed E-state index contributed by atoms with van der Waals surface area (Å²) in [4.78, 5) is 21.5. The van der Waals surface area contributed by atoms with Crippen molar-refractivity contribution >= 4 is 39.1 Å². The number of carbonyl (C=O) groups excluding carboxylic acids is 1. The molecular formula is C23H22N4O4S. The number of thiophene rings is 1. The summed E-state index contributed by atoms with van der Waals surface area (Å²) in [6.45, 7) is 0. The fourth-order valence-electron chi connectivity index (χ4n) is 3.41. The van der Waals surface area contributed by atoms with Gasteiger partial charge in [-0.2, -0.15) is 0 Å². The smallest absolute Gasteiger partial charge is 0.251 e. The first-order chi connectivity index (χ1) is 15.6. The number of hydrogen-bond acceptors (Lipinski definition) is 8. The molecule has 8 nitrogen and oxygen atoms in total. The molecule has 164 valence electrons. The molecule has 9 heteroatoms. The van der Waals surface area contributed by atoms with Crippen LogP contribution in [0.25, 0.3) is 21.3 Å². The number of amides is 1. The molecule has 0 spiro atoms. The third kappa shape index (κ3) is 3.90. The fourth-order valence-corrected chi connectivity index (χ4v) is 4.28. The Balaban J connectivity index is 1.76. The minimum absolute atomic E-state index is 0.148. The molecule has 2 aromatic carbocycles. The van der Waals surface area contributed by atoms with Crippen LogP contribution in [0.15, 0.2) is 48.0 Å². The Morgan fingerprint density at radius 3 is 2.38 bits per heavy atom. The predicted molar refractivity (Wildman–Crippen MR) is 126 cm³/mol. The summed E-state index contributed by atoms with van der Waals surface area (Å²) < 4.78 is 17.1. The van der Waals surface area contributed by atoms with Crippen LogP contribution in [0.3, 0.4) is 0 Å². The van der Waals surface area contributed by atoms with Crippen molar-refractivity contribution in [2.75, 3.05) is 33.7 Å². The second-order valence-electron chi connectivity index (χ2n) is 6.72. The van der Waals surface area contributed by atoms with Crippen molar-refractivity contribution in [3.05, 3.63) is 53.5 Å². The highest BCUT2D eigenvalue weighted by Crippen LogP contribution is 2.41. The number of anilines is 2. The minimum atomic E-state index is -0.148. The van der Waals surface area contributed by atoms with E-state index in [-0.39, 0.29) is 5.91 Å². The fraction of sp³-hybridized carbons (Fsp3) is 0.174. The van der Waals surface area contributed by atoms with E-state index in [1.165, 1.54) is 11.3 Å². The molecule has 2 N–H and O–H groups in total. The molecule has 0 saturated heterocycles. The molecule has 0 unspecified atom stereocenters. The van der Waals surface area contributed by atoms with Crippen LogP contribution in [-0.2, 0) is 0 Å². The standard InChI is InChI=1S/C23H22N4O4S/c1-24-22(28)15-8-6-5-7-14(15)16-12-32-19-11-25-23(27-20(16)19)26-13-9-17(29-2)21(31-4)18(10-13)30-3/h5-12H,1-4H3,(H,24,28)(H,25,26,27). The van der Waals surface area contributed by atoms with Gasteiger partial charge in [0.2, 0.25) is 11.7 Å². The lowest BCUT2D eigenvalue weighted by atomic mass is 10.0. The van der Waals surface area contributed by atoms with E-state index in [0.29, 0.717) is 34.4 Å². The molecule has 4 rings (SSSR count). The number of rotatable bonds is 7. The summed E-state index contributed by atoms with van der Waals surface area (Å²) in [6.07, 6.45) is 1.76. The van der Waals surface area contributed by atoms with Crippen molar-refractivity contribution in [2.45, 2.75) is 0 Å².